The lowest BCUT2D eigenvalue weighted by atomic mass is 9.74. The zero-order valence-electron chi connectivity index (χ0n) is 23.0. The van der Waals surface area contributed by atoms with Gasteiger partial charge in [-0.1, -0.05) is 41.9 Å². The quantitative estimate of drug-likeness (QED) is 0.229. The van der Waals surface area contributed by atoms with E-state index in [1.54, 1.807) is 44.2 Å². The Bertz CT molecular complexity index is 2010. The van der Waals surface area contributed by atoms with Gasteiger partial charge in [-0.2, -0.15) is 0 Å². The summed E-state index contributed by atoms with van der Waals surface area (Å²) in [5.74, 6) is -2.40. The number of nitrogens with zero attached hydrogens (tertiary/aromatic N) is 2. The van der Waals surface area contributed by atoms with E-state index in [2.05, 4.69) is 4.98 Å². The molecular formula is C31H29ClF2N4O4. The largest absolute Gasteiger partial charge is 0.386 e. The normalized spacial score (nSPS) is 19.8. The molecule has 5 aromatic rings. The Labute approximate surface area is 243 Å². The molecule has 0 fully saturated rings. The monoisotopic (exact) mass is 594 g/mol. The summed E-state index contributed by atoms with van der Waals surface area (Å²) < 4.78 is 32.7. The minimum atomic E-state index is -1.54. The van der Waals surface area contributed by atoms with Crippen molar-refractivity contribution in [1.82, 2.24) is 14.1 Å². The van der Waals surface area contributed by atoms with Gasteiger partial charge in [0.05, 0.1) is 27.2 Å². The first-order valence-electron chi connectivity index (χ1n) is 13.5. The second-order valence-corrected chi connectivity index (χ2v) is 11.8. The van der Waals surface area contributed by atoms with Crippen LogP contribution in [0.2, 0.25) is 5.02 Å². The van der Waals surface area contributed by atoms with Crippen LogP contribution >= 0.6 is 11.6 Å². The van der Waals surface area contributed by atoms with E-state index in [0.29, 0.717) is 33.3 Å². The third-order valence-electron chi connectivity index (χ3n) is 8.33. The number of alkyl halides is 1. The van der Waals surface area contributed by atoms with E-state index in [-0.39, 0.29) is 28.0 Å². The van der Waals surface area contributed by atoms with Crippen LogP contribution in [0.1, 0.15) is 54.5 Å². The summed E-state index contributed by atoms with van der Waals surface area (Å²) >= 11 is 6.92. The average Bonchev–Trinajstić information content (AvgIpc) is 3.30. The van der Waals surface area contributed by atoms with E-state index < -0.39 is 46.9 Å². The van der Waals surface area contributed by atoms with Gasteiger partial charge in [-0.15, -0.1) is 0 Å². The number of hydrogen-bond acceptors (Lipinski definition) is 5. The molecule has 2 aromatic heterocycles. The van der Waals surface area contributed by atoms with Crippen molar-refractivity contribution in [2.45, 2.75) is 50.1 Å². The summed E-state index contributed by atoms with van der Waals surface area (Å²) in [7, 11) is 1.36. The smallest absolute Gasteiger partial charge is 0.336 e. The Morgan fingerprint density at radius 1 is 1.12 bits per heavy atom. The molecule has 1 aliphatic rings. The highest BCUT2D eigenvalue weighted by molar-refractivity contribution is 6.33. The van der Waals surface area contributed by atoms with Crippen molar-refractivity contribution >= 4 is 33.4 Å². The van der Waals surface area contributed by atoms with Crippen LogP contribution in [-0.2, 0) is 12.6 Å². The van der Waals surface area contributed by atoms with Crippen molar-refractivity contribution in [2.75, 3.05) is 0 Å². The number of hydrogen-bond donors (Lipinski definition) is 4. The van der Waals surface area contributed by atoms with Gasteiger partial charge in [0.1, 0.15) is 18.2 Å². The molecule has 6 rings (SSSR count). The molecule has 3 aromatic carbocycles. The maximum absolute atomic E-state index is 16.2. The van der Waals surface area contributed by atoms with Crippen LogP contribution in [0.5, 0.6) is 0 Å². The van der Waals surface area contributed by atoms with Crippen LogP contribution < -0.4 is 17.0 Å². The van der Waals surface area contributed by atoms with E-state index >= 15 is 4.39 Å². The van der Waals surface area contributed by atoms with Gasteiger partial charge in [-0.05, 0) is 61.2 Å². The molecule has 0 saturated carbocycles. The number of aryl methyl sites for hydroxylation is 1. The molecule has 8 nitrogen and oxygen atoms in total. The van der Waals surface area contributed by atoms with Crippen molar-refractivity contribution in [3.8, 4) is 5.69 Å². The van der Waals surface area contributed by atoms with Crippen LogP contribution in [0.4, 0.5) is 8.78 Å². The van der Waals surface area contributed by atoms with Crippen molar-refractivity contribution in [3.63, 3.8) is 0 Å². The Kier molecular flexibility index (Phi) is 6.65. The van der Waals surface area contributed by atoms with Crippen molar-refractivity contribution < 1.29 is 19.0 Å². The van der Waals surface area contributed by atoms with Crippen LogP contribution in [-0.4, -0.2) is 36.7 Å². The van der Waals surface area contributed by atoms with E-state index in [4.69, 9.17) is 17.3 Å². The molecule has 42 heavy (non-hydrogen) atoms. The number of nitrogens with two attached hydrogens (primary N) is 1. The third-order valence-corrected chi connectivity index (χ3v) is 8.74. The summed E-state index contributed by atoms with van der Waals surface area (Å²) in [4.78, 5) is 30.2. The summed E-state index contributed by atoms with van der Waals surface area (Å²) in [6.07, 6.45) is -2.99. The van der Waals surface area contributed by atoms with E-state index in [0.717, 1.165) is 9.13 Å². The second-order valence-electron chi connectivity index (χ2n) is 11.4. The van der Waals surface area contributed by atoms with Crippen LogP contribution in [0, 0.1) is 5.82 Å². The van der Waals surface area contributed by atoms with Gasteiger partial charge in [0.25, 0.3) is 5.56 Å². The molecule has 2 heterocycles. The number of aliphatic hydroxyl groups is 2. The predicted molar refractivity (Wildman–Crippen MR) is 158 cm³/mol. The number of aliphatic hydroxyl groups excluding tert-OH is 1. The minimum Gasteiger partial charge on any atom is -0.386 e. The molecular weight excluding hydrogens is 566 g/mol. The van der Waals surface area contributed by atoms with Gasteiger partial charge in [-0.25, -0.2) is 18.1 Å². The van der Waals surface area contributed by atoms with Gasteiger partial charge >= 0.3 is 5.69 Å². The molecule has 5 N–H and O–H groups in total. The Hall–Kier alpha value is -3.83. The van der Waals surface area contributed by atoms with Gasteiger partial charge in [0.15, 0.2) is 0 Å². The number of aromatic amines is 1. The van der Waals surface area contributed by atoms with Gasteiger partial charge in [-0.3, -0.25) is 9.36 Å². The summed E-state index contributed by atoms with van der Waals surface area (Å²) in [6.45, 7) is 3.31. The molecule has 4 atom stereocenters. The lowest BCUT2D eigenvalue weighted by molar-refractivity contribution is 0.0787. The first-order valence-corrected chi connectivity index (χ1v) is 13.8. The number of para-hydroxylation sites is 1. The fourth-order valence-corrected chi connectivity index (χ4v) is 6.56. The lowest BCUT2D eigenvalue weighted by Crippen LogP contribution is -2.38. The summed E-state index contributed by atoms with van der Waals surface area (Å²) in [6, 6.07) is 14.0. The highest BCUT2D eigenvalue weighted by Gasteiger charge is 2.42. The second kappa shape index (κ2) is 9.88. The summed E-state index contributed by atoms with van der Waals surface area (Å²) in [5.41, 5.74) is 5.76. The van der Waals surface area contributed by atoms with Crippen molar-refractivity contribution in [3.05, 3.63) is 109 Å². The van der Waals surface area contributed by atoms with Crippen molar-refractivity contribution in [2.24, 2.45) is 12.8 Å². The Morgan fingerprint density at radius 2 is 1.83 bits per heavy atom. The maximum atomic E-state index is 16.2. The fourth-order valence-electron chi connectivity index (χ4n) is 6.23. The highest BCUT2D eigenvalue weighted by atomic mass is 35.5. The lowest BCUT2D eigenvalue weighted by Gasteiger charge is -2.34. The van der Waals surface area contributed by atoms with Crippen LogP contribution in [0.3, 0.4) is 0 Å². The van der Waals surface area contributed by atoms with Crippen LogP contribution in [0.15, 0.2) is 64.2 Å². The molecule has 0 radical (unpaired) electrons. The molecule has 1 aliphatic carbocycles. The number of H-pyrrole nitrogens is 1. The van der Waals surface area contributed by atoms with Crippen LogP contribution in [0.25, 0.3) is 27.5 Å². The third kappa shape index (κ3) is 4.20. The molecule has 0 amide bonds. The number of halogens is 3. The molecule has 0 aliphatic heterocycles. The molecule has 11 heteroatoms. The topological polar surface area (TPSA) is 126 Å². The van der Waals surface area contributed by atoms with Gasteiger partial charge in [0, 0.05) is 35.5 Å². The molecule has 0 spiro atoms. The highest BCUT2D eigenvalue weighted by Crippen LogP contribution is 2.49. The zero-order chi connectivity index (χ0) is 30.2. The van der Waals surface area contributed by atoms with Gasteiger partial charge < -0.3 is 20.9 Å². The maximum Gasteiger partial charge on any atom is 0.336 e. The number of nitrogens with one attached hydrogen (secondary N) is 1. The SMILES string of the molecule is Cn1c(=O)n(-c2cccc(C3c4c([nH]c5cc(C(C)(C)O)ccc45)C([C@H](N)O)CC3F)c2Cl)c(=O)c2cccc(F)c21. The number of rotatable bonds is 4. The molecule has 0 saturated heterocycles. The summed E-state index contributed by atoms with van der Waals surface area (Å²) in [5, 5.41) is 21.6. The van der Waals surface area contributed by atoms with E-state index in [1.165, 1.54) is 31.3 Å². The standard InChI is InChI=1S/C31H29ClF2N4O4/c1-31(2,42)14-10-11-15-21(12-14)36-26-18(28(35)39)13-20(34)23(24(15)26)16-6-5-9-22(25(16)32)38-29(40)17-7-4-8-19(33)27(17)37(3)30(38)41/h4-12,18,20,23,28,36,39,42H,13,35H2,1-3H3/t18?,20?,23?,28-/m1/s1. The Balaban J connectivity index is 1.61. The predicted octanol–water partition coefficient (Wildman–Crippen LogP) is 4.43. The number of benzene rings is 3. The molecule has 218 valence electrons. The minimum absolute atomic E-state index is 0.0131. The first-order chi connectivity index (χ1) is 19.8. The van der Waals surface area contributed by atoms with Gasteiger partial charge in [0.2, 0.25) is 0 Å². The molecule has 3 unspecified atom stereocenters. The first kappa shape index (κ1) is 28.3. The average molecular weight is 595 g/mol. The fraction of sp³-hybridized carbons (Fsp3) is 0.290. The zero-order valence-corrected chi connectivity index (χ0v) is 23.8. The Morgan fingerprint density at radius 3 is 2.52 bits per heavy atom. The van der Waals surface area contributed by atoms with E-state index in [9.17, 15) is 24.2 Å². The molecule has 0 bridgehead atoms. The van der Waals surface area contributed by atoms with Crippen molar-refractivity contribution in [1.29, 1.82) is 0 Å². The van der Waals surface area contributed by atoms with E-state index in [1.807, 2.05) is 0 Å². The number of fused-ring (bicyclic) bond motifs is 4. The number of aromatic nitrogens is 3.